The molecule has 1 aliphatic rings. The maximum absolute atomic E-state index is 12.2. The highest BCUT2D eigenvalue weighted by atomic mass is 32.2. The summed E-state index contributed by atoms with van der Waals surface area (Å²) in [6.07, 6.45) is 4.76. The van der Waals surface area contributed by atoms with Crippen LogP contribution in [0, 0.1) is 0 Å². The first-order valence-electron chi connectivity index (χ1n) is 10.2. The number of rotatable bonds is 8. The molecule has 0 unspecified atom stereocenters. The third kappa shape index (κ3) is 5.42. The normalized spacial score (nSPS) is 14.0. The smallest absolute Gasteiger partial charge is 0.277 e. The Kier molecular flexibility index (Phi) is 6.69. The van der Waals surface area contributed by atoms with Crippen molar-refractivity contribution in [2.75, 3.05) is 5.75 Å². The quantitative estimate of drug-likeness (QED) is 0.538. The first-order chi connectivity index (χ1) is 14.7. The van der Waals surface area contributed by atoms with E-state index in [2.05, 4.69) is 27.6 Å². The maximum atomic E-state index is 12.2. The Balaban J connectivity index is 1.24. The first kappa shape index (κ1) is 20.5. The summed E-state index contributed by atoms with van der Waals surface area (Å²) in [5, 5.41) is 11.3. The molecule has 0 bridgehead atoms. The predicted molar refractivity (Wildman–Crippen MR) is 115 cm³/mol. The Labute approximate surface area is 180 Å². The molecule has 1 amide bonds. The zero-order chi connectivity index (χ0) is 20.8. The van der Waals surface area contributed by atoms with Crippen molar-refractivity contribution in [2.45, 2.75) is 50.5 Å². The van der Waals surface area contributed by atoms with Crippen molar-refractivity contribution >= 4 is 17.7 Å². The van der Waals surface area contributed by atoms with Gasteiger partial charge in [-0.3, -0.25) is 4.79 Å². The fourth-order valence-electron chi connectivity index (χ4n) is 3.54. The maximum Gasteiger partial charge on any atom is 0.277 e. The second-order valence-corrected chi connectivity index (χ2v) is 8.30. The lowest BCUT2D eigenvalue weighted by molar-refractivity contribution is -0.119. The summed E-state index contributed by atoms with van der Waals surface area (Å²) < 4.78 is 11.4. The van der Waals surface area contributed by atoms with E-state index in [-0.39, 0.29) is 24.3 Å². The number of benzene rings is 2. The van der Waals surface area contributed by atoms with Gasteiger partial charge in [0.1, 0.15) is 5.75 Å². The molecule has 0 saturated carbocycles. The van der Waals surface area contributed by atoms with Crippen LogP contribution in [0.4, 0.5) is 0 Å². The second-order valence-electron chi connectivity index (χ2n) is 7.38. The van der Waals surface area contributed by atoms with Crippen LogP contribution in [0.1, 0.15) is 48.4 Å². The minimum atomic E-state index is -0.0820. The molecule has 1 atom stereocenters. The number of thioether (sulfide) groups is 1. The molecule has 0 saturated heterocycles. The summed E-state index contributed by atoms with van der Waals surface area (Å²) in [7, 11) is 0. The number of nitrogens with zero attached hydrogens (tertiary/aromatic N) is 2. The number of nitrogens with one attached hydrogen (secondary N) is 1. The zero-order valence-corrected chi connectivity index (χ0v) is 17.8. The highest BCUT2D eigenvalue weighted by Gasteiger charge is 2.14. The summed E-state index contributed by atoms with van der Waals surface area (Å²) in [5.74, 6) is 1.34. The Bertz CT molecular complexity index is 990. The van der Waals surface area contributed by atoms with Gasteiger partial charge in [0.25, 0.3) is 11.1 Å². The number of aromatic nitrogens is 2. The summed E-state index contributed by atoms with van der Waals surface area (Å²) in [6, 6.07) is 16.0. The molecule has 2 aromatic carbocycles. The van der Waals surface area contributed by atoms with E-state index in [4.69, 9.17) is 9.15 Å². The Morgan fingerprint density at radius 1 is 1.13 bits per heavy atom. The topological polar surface area (TPSA) is 77.2 Å². The molecule has 0 aliphatic heterocycles. The van der Waals surface area contributed by atoms with Crippen LogP contribution in [0.15, 0.2) is 58.2 Å². The van der Waals surface area contributed by atoms with Gasteiger partial charge >= 0.3 is 0 Å². The lowest BCUT2D eigenvalue weighted by Gasteiger charge is -2.16. The van der Waals surface area contributed by atoms with E-state index >= 15 is 0 Å². The van der Waals surface area contributed by atoms with Crippen molar-refractivity contribution in [3.8, 4) is 5.75 Å². The van der Waals surface area contributed by atoms with Gasteiger partial charge in [0.05, 0.1) is 11.8 Å². The molecule has 0 fully saturated rings. The van der Waals surface area contributed by atoms with Gasteiger partial charge in [0.2, 0.25) is 5.91 Å². The third-order valence-electron chi connectivity index (χ3n) is 5.13. The van der Waals surface area contributed by atoms with Gasteiger partial charge in [0.15, 0.2) is 6.61 Å². The molecule has 1 heterocycles. The third-order valence-corrected chi connectivity index (χ3v) is 5.95. The van der Waals surface area contributed by atoms with E-state index in [0.717, 1.165) is 24.2 Å². The molecule has 1 aromatic heterocycles. The van der Waals surface area contributed by atoms with Crippen LogP contribution >= 0.6 is 11.8 Å². The summed E-state index contributed by atoms with van der Waals surface area (Å²) in [5.41, 5.74) is 3.86. The molecule has 0 spiro atoms. The molecule has 30 heavy (non-hydrogen) atoms. The molecule has 1 N–H and O–H groups in total. The fraction of sp³-hybridized carbons (Fsp3) is 0.348. The van der Waals surface area contributed by atoms with E-state index in [9.17, 15) is 4.79 Å². The number of hydrogen-bond acceptors (Lipinski definition) is 6. The number of amides is 1. The predicted octanol–water partition coefficient (Wildman–Crippen LogP) is 4.50. The Hall–Kier alpha value is -2.80. The van der Waals surface area contributed by atoms with Crippen LogP contribution in [-0.4, -0.2) is 21.9 Å². The van der Waals surface area contributed by atoms with Crippen LogP contribution in [0.25, 0.3) is 0 Å². The van der Waals surface area contributed by atoms with Crippen molar-refractivity contribution in [1.29, 1.82) is 0 Å². The van der Waals surface area contributed by atoms with Gasteiger partial charge in [-0.1, -0.05) is 48.2 Å². The van der Waals surface area contributed by atoms with E-state index in [1.165, 1.54) is 35.7 Å². The Morgan fingerprint density at radius 2 is 1.93 bits per heavy atom. The number of carbonyl (C=O) groups is 1. The average Bonchev–Trinajstić information content (AvgIpc) is 3.24. The minimum Gasteiger partial charge on any atom is -0.484 e. The van der Waals surface area contributed by atoms with Crippen molar-refractivity contribution in [3.05, 3.63) is 71.1 Å². The number of fused-ring (bicyclic) bond motifs is 1. The van der Waals surface area contributed by atoms with E-state index < -0.39 is 0 Å². The van der Waals surface area contributed by atoms with Gasteiger partial charge < -0.3 is 14.5 Å². The van der Waals surface area contributed by atoms with Crippen molar-refractivity contribution in [1.82, 2.24) is 15.5 Å². The first-order valence-corrected chi connectivity index (χ1v) is 11.2. The molecule has 7 heteroatoms. The average molecular weight is 424 g/mol. The van der Waals surface area contributed by atoms with Crippen molar-refractivity contribution in [3.63, 3.8) is 0 Å². The molecule has 1 aliphatic carbocycles. The number of ether oxygens (including phenoxy) is 1. The summed E-state index contributed by atoms with van der Waals surface area (Å²) >= 11 is 1.22. The summed E-state index contributed by atoms with van der Waals surface area (Å²) in [6.45, 7) is 2.17. The molecular formula is C23H25N3O3S. The van der Waals surface area contributed by atoms with Gasteiger partial charge in [-0.15, -0.1) is 10.2 Å². The number of carbonyl (C=O) groups excluding carboxylic acids is 1. The summed E-state index contributed by atoms with van der Waals surface area (Å²) in [4.78, 5) is 12.2. The van der Waals surface area contributed by atoms with Crippen LogP contribution in [0.3, 0.4) is 0 Å². The zero-order valence-electron chi connectivity index (χ0n) is 17.0. The largest absolute Gasteiger partial charge is 0.484 e. The molecule has 4 rings (SSSR count). The van der Waals surface area contributed by atoms with E-state index in [0.29, 0.717) is 11.1 Å². The van der Waals surface area contributed by atoms with Gasteiger partial charge in [-0.25, -0.2) is 0 Å². The molecule has 3 aromatic rings. The number of aryl methyl sites for hydroxylation is 2. The number of hydrogen-bond donors (Lipinski definition) is 1. The molecule has 0 radical (unpaired) electrons. The van der Waals surface area contributed by atoms with Gasteiger partial charge in [-0.2, -0.15) is 0 Å². The van der Waals surface area contributed by atoms with Crippen LogP contribution in [0.5, 0.6) is 5.75 Å². The van der Waals surface area contributed by atoms with E-state index in [1.807, 2.05) is 43.3 Å². The highest BCUT2D eigenvalue weighted by Crippen LogP contribution is 2.26. The lowest BCUT2D eigenvalue weighted by atomic mass is 9.92. The minimum absolute atomic E-state index is 0.0532. The van der Waals surface area contributed by atoms with E-state index in [1.54, 1.807) is 0 Å². The van der Waals surface area contributed by atoms with Crippen LogP contribution in [-0.2, 0) is 24.2 Å². The Morgan fingerprint density at radius 3 is 2.77 bits per heavy atom. The molecular weight excluding hydrogens is 398 g/mol. The lowest BCUT2D eigenvalue weighted by Crippen LogP contribution is -2.28. The monoisotopic (exact) mass is 423 g/mol. The SMILES string of the molecule is C[C@@H](NC(=O)CSc1nnc(COc2ccc3c(c2)CCCC3)o1)c1ccccc1. The van der Waals surface area contributed by atoms with Crippen LogP contribution in [0.2, 0.25) is 0 Å². The standard InChI is InChI=1S/C23H25N3O3S/c1-16(17-7-3-2-4-8-17)24-21(27)15-30-23-26-25-22(29-23)14-28-20-12-11-18-9-5-6-10-19(18)13-20/h2-4,7-8,11-13,16H,5-6,9-10,14-15H2,1H3,(H,24,27)/t16-/m1/s1. The highest BCUT2D eigenvalue weighted by molar-refractivity contribution is 7.99. The van der Waals surface area contributed by atoms with Crippen LogP contribution < -0.4 is 10.1 Å². The molecule has 6 nitrogen and oxygen atoms in total. The van der Waals surface area contributed by atoms with Crippen molar-refractivity contribution in [2.24, 2.45) is 0 Å². The second kappa shape index (κ2) is 9.80. The van der Waals surface area contributed by atoms with Gasteiger partial charge in [0, 0.05) is 0 Å². The van der Waals surface area contributed by atoms with Crippen molar-refractivity contribution < 1.29 is 13.9 Å². The van der Waals surface area contributed by atoms with Gasteiger partial charge in [-0.05, 0) is 61.4 Å². The fourth-order valence-corrected chi connectivity index (χ4v) is 4.13. The molecule has 156 valence electrons.